The van der Waals surface area contributed by atoms with Gasteiger partial charge in [0.25, 0.3) is 0 Å². The number of aliphatic hydroxyl groups is 3. The zero-order valence-corrected chi connectivity index (χ0v) is 25.7. The lowest BCUT2D eigenvalue weighted by molar-refractivity contribution is -0.236. The number of aliphatic hydroxyl groups excluding tert-OH is 3. The quantitative estimate of drug-likeness (QED) is 0.0788. The molecule has 2 aromatic carbocycles. The predicted octanol–water partition coefficient (Wildman–Crippen LogP) is -0.172. The molecule has 1 aliphatic carbocycles. The van der Waals surface area contributed by atoms with Crippen LogP contribution in [0, 0.1) is 0 Å². The standard InChI is InChI=1S/C32H40N2O13/c1-34-18-32(47-16-23(37)6-4-20-11-24(38)25(39)12-21(20)14-35)17-31(30(43)44,13-27(41)29(32)42)46-15-22(36)5-2-19-3-7-28(26(40)10-19)45-9-8-33/h2-7,10-12,27,29,34-35,38-42H,8-9,13-18,33H2,1H3,(H,43,44)/t27-,29-,31+,32-/m1/s1. The lowest BCUT2D eigenvalue weighted by Gasteiger charge is -2.49. The van der Waals surface area contributed by atoms with Crippen LogP contribution in [-0.2, 0) is 30.5 Å². The van der Waals surface area contributed by atoms with Crippen LogP contribution in [0.3, 0.4) is 0 Å². The number of carbonyl (C=O) groups is 3. The molecule has 1 fully saturated rings. The van der Waals surface area contributed by atoms with Crippen LogP contribution >= 0.6 is 0 Å². The maximum absolute atomic E-state index is 12.8. The molecule has 4 atom stereocenters. The number of hydrogen-bond donors (Lipinski definition) is 9. The van der Waals surface area contributed by atoms with Crippen LogP contribution in [0.15, 0.2) is 42.5 Å². The minimum atomic E-state index is -2.20. The van der Waals surface area contributed by atoms with Gasteiger partial charge in [-0.3, -0.25) is 9.59 Å². The first kappa shape index (κ1) is 37.1. The third kappa shape index (κ3) is 9.36. The van der Waals surface area contributed by atoms with E-state index in [1.807, 2.05) is 0 Å². The smallest absolute Gasteiger partial charge is 0.336 e. The highest BCUT2D eigenvalue weighted by Gasteiger charge is 2.59. The second kappa shape index (κ2) is 16.5. The van der Waals surface area contributed by atoms with Gasteiger partial charge in [-0.25, -0.2) is 4.79 Å². The number of phenolic OH excluding ortho intramolecular Hbond substituents is 3. The molecule has 0 aromatic heterocycles. The highest BCUT2D eigenvalue weighted by molar-refractivity contribution is 5.95. The molecule has 256 valence electrons. The van der Waals surface area contributed by atoms with Gasteiger partial charge in [-0.2, -0.15) is 0 Å². The Labute approximate surface area is 270 Å². The Bertz CT molecular complexity index is 1490. The van der Waals surface area contributed by atoms with Crippen molar-refractivity contribution in [1.82, 2.24) is 5.32 Å². The van der Waals surface area contributed by atoms with Crippen molar-refractivity contribution in [3.63, 3.8) is 0 Å². The topological polar surface area (TPSA) is 259 Å². The van der Waals surface area contributed by atoms with E-state index in [-0.39, 0.29) is 42.3 Å². The van der Waals surface area contributed by atoms with Gasteiger partial charge in [-0.1, -0.05) is 18.2 Å². The van der Waals surface area contributed by atoms with Gasteiger partial charge >= 0.3 is 5.97 Å². The fourth-order valence-electron chi connectivity index (χ4n) is 5.20. The van der Waals surface area contributed by atoms with Crippen LogP contribution in [0.1, 0.15) is 29.5 Å². The third-order valence-electron chi connectivity index (χ3n) is 7.56. The van der Waals surface area contributed by atoms with E-state index < -0.39 is 85.1 Å². The van der Waals surface area contributed by atoms with E-state index >= 15 is 0 Å². The Morgan fingerprint density at radius 2 is 1.64 bits per heavy atom. The van der Waals surface area contributed by atoms with Gasteiger partial charge < -0.3 is 61.0 Å². The lowest BCUT2D eigenvalue weighted by atomic mass is 9.71. The highest BCUT2D eigenvalue weighted by atomic mass is 16.5. The molecular formula is C32H40N2O13. The summed E-state index contributed by atoms with van der Waals surface area (Å²) in [6, 6.07) is 6.70. The van der Waals surface area contributed by atoms with Crippen molar-refractivity contribution >= 4 is 29.7 Å². The molecule has 0 spiro atoms. The summed E-state index contributed by atoms with van der Waals surface area (Å²) in [7, 11) is 1.49. The number of nitrogens with two attached hydrogens (primary N) is 1. The monoisotopic (exact) mass is 660 g/mol. The molecule has 0 aliphatic heterocycles. The Hall–Kier alpha value is -4.35. The van der Waals surface area contributed by atoms with E-state index in [9.17, 15) is 50.1 Å². The first-order valence-corrected chi connectivity index (χ1v) is 14.5. The number of ketones is 2. The van der Waals surface area contributed by atoms with Crippen molar-refractivity contribution in [1.29, 1.82) is 0 Å². The number of ether oxygens (including phenoxy) is 3. The summed E-state index contributed by atoms with van der Waals surface area (Å²) in [6.07, 6.45) is 0.353. The van der Waals surface area contributed by atoms with Crippen LogP contribution < -0.4 is 15.8 Å². The largest absolute Gasteiger partial charge is 0.504 e. The molecule has 0 saturated heterocycles. The molecule has 47 heavy (non-hydrogen) atoms. The van der Waals surface area contributed by atoms with Crippen LogP contribution in [0.4, 0.5) is 0 Å². The van der Waals surface area contributed by atoms with Gasteiger partial charge in [-0.05, 0) is 60.2 Å². The average molecular weight is 661 g/mol. The molecule has 3 rings (SSSR count). The Morgan fingerprint density at radius 1 is 0.979 bits per heavy atom. The minimum Gasteiger partial charge on any atom is -0.504 e. The van der Waals surface area contributed by atoms with Crippen LogP contribution in [0.25, 0.3) is 12.2 Å². The molecule has 15 heteroatoms. The van der Waals surface area contributed by atoms with Gasteiger partial charge in [0.1, 0.15) is 31.5 Å². The molecule has 10 N–H and O–H groups in total. The number of aliphatic carboxylic acids is 1. The maximum Gasteiger partial charge on any atom is 0.336 e. The number of carboxylic acid groups (broad SMARTS) is 1. The number of rotatable bonds is 17. The van der Waals surface area contributed by atoms with Gasteiger partial charge in [0.05, 0.1) is 12.7 Å². The number of phenols is 3. The van der Waals surface area contributed by atoms with Crippen molar-refractivity contribution in [3.05, 3.63) is 59.2 Å². The van der Waals surface area contributed by atoms with Crippen molar-refractivity contribution in [2.75, 3.05) is 40.0 Å². The van der Waals surface area contributed by atoms with E-state index in [1.165, 1.54) is 31.3 Å². The molecule has 1 saturated carbocycles. The van der Waals surface area contributed by atoms with Crippen molar-refractivity contribution < 1.29 is 64.3 Å². The van der Waals surface area contributed by atoms with E-state index in [0.29, 0.717) is 5.56 Å². The zero-order chi connectivity index (χ0) is 34.8. The summed E-state index contributed by atoms with van der Waals surface area (Å²) >= 11 is 0. The van der Waals surface area contributed by atoms with Crippen molar-refractivity contribution in [2.24, 2.45) is 5.73 Å². The molecule has 15 nitrogen and oxygen atoms in total. The Morgan fingerprint density at radius 3 is 2.26 bits per heavy atom. The van der Waals surface area contributed by atoms with Crippen molar-refractivity contribution in [2.45, 2.75) is 42.9 Å². The zero-order valence-electron chi connectivity index (χ0n) is 25.7. The molecule has 0 unspecified atom stereocenters. The molecule has 2 aromatic rings. The Kier molecular flexibility index (Phi) is 13.0. The van der Waals surface area contributed by atoms with E-state index in [4.69, 9.17) is 19.9 Å². The number of benzene rings is 2. The average Bonchev–Trinajstić information content (AvgIpc) is 3.04. The molecule has 0 heterocycles. The summed E-state index contributed by atoms with van der Waals surface area (Å²) in [4.78, 5) is 38.0. The van der Waals surface area contributed by atoms with Crippen LogP contribution in [0.5, 0.6) is 23.0 Å². The number of nitrogens with one attached hydrogen (secondary N) is 1. The minimum absolute atomic E-state index is 0.173. The summed E-state index contributed by atoms with van der Waals surface area (Å²) in [5.41, 5.74) is 2.23. The SMILES string of the molecule is CNC[C@]1(OCC(=O)C=Cc2cc(O)c(O)cc2CO)C[C@](OCC(=O)C=Cc2ccc(OCCN)c(O)c2)(C(=O)O)C[C@@H](O)[C@H]1O. The first-order valence-electron chi connectivity index (χ1n) is 14.5. The number of likely N-dealkylation sites (N-methyl/N-ethyl adjacent to an activating group) is 1. The molecule has 1 aliphatic rings. The Balaban J connectivity index is 1.75. The maximum atomic E-state index is 12.8. The van der Waals surface area contributed by atoms with E-state index in [1.54, 1.807) is 6.07 Å². The highest BCUT2D eigenvalue weighted by Crippen LogP contribution is 2.41. The van der Waals surface area contributed by atoms with Crippen molar-refractivity contribution in [3.8, 4) is 23.0 Å². The fraction of sp³-hybridized carbons (Fsp3) is 0.406. The fourth-order valence-corrected chi connectivity index (χ4v) is 5.20. The van der Waals surface area contributed by atoms with Crippen LogP contribution in [0.2, 0.25) is 0 Å². The van der Waals surface area contributed by atoms with Gasteiger partial charge in [-0.15, -0.1) is 0 Å². The van der Waals surface area contributed by atoms with Crippen LogP contribution in [-0.4, -0.2) is 117 Å². The molecule has 0 amide bonds. The van der Waals surface area contributed by atoms with Gasteiger partial charge in [0, 0.05) is 25.9 Å². The number of carboxylic acids is 1. The van der Waals surface area contributed by atoms with Gasteiger partial charge in [0.15, 0.2) is 40.2 Å². The molecule has 0 radical (unpaired) electrons. The summed E-state index contributed by atoms with van der Waals surface area (Å²) < 4.78 is 16.7. The van der Waals surface area contributed by atoms with E-state index in [0.717, 1.165) is 24.3 Å². The lowest BCUT2D eigenvalue weighted by Crippen LogP contribution is -2.67. The number of aromatic hydroxyl groups is 3. The second-order valence-corrected chi connectivity index (χ2v) is 11.0. The second-order valence-electron chi connectivity index (χ2n) is 11.0. The van der Waals surface area contributed by atoms with E-state index in [2.05, 4.69) is 5.32 Å². The van der Waals surface area contributed by atoms with Gasteiger partial charge in [0.2, 0.25) is 0 Å². The number of hydrogen-bond acceptors (Lipinski definition) is 14. The predicted molar refractivity (Wildman–Crippen MR) is 167 cm³/mol. The third-order valence-corrected chi connectivity index (χ3v) is 7.56. The normalized spacial score (nSPS) is 22.9. The summed E-state index contributed by atoms with van der Waals surface area (Å²) in [5.74, 6) is -3.72. The molecular weight excluding hydrogens is 620 g/mol. The summed E-state index contributed by atoms with van der Waals surface area (Å²) in [5, 5.41) is 73.7. The molecule has 0 bridgehead atoms. The first-order chi connectivity index (χ1) is 22.3. The number of carbonyl (C=O) groups excluding carboxylic acids is 2. The summed E-state index contributed by atoms with van der Waals surface area (Å²) in [6.45, 7) is -1.67.